The Labute approximate surface area is 189 Å². The van der Waals surface area contributed by atoms with Crippen molar-refractivity contribution in [1.29, 1.82) is 0 Å². The molecule has 32 heavy (non-hydrogen) atoms. The first-order valence-corrected chi connectivity index (χ1v) is 11.7. The molecule has 2 aliphatic carbocycles. The van der Waals surface area contributed by atoms with Crippen molar-refractivity contribution in [3.8, 4) is 11.5 Å². The molecule has 0 aliphatic heterocycles. The molecule has 0 aromatic heterocycles. The molecule has 1 N–H and O–H groups in total. The second kappa shape index (κ2) is 9.93. The van der Waals surface area contributed by atoms with Crippen LogP contribution >= 0.6 is 0 Å². The first-order chi connectivity index (χ1) is 15.5. The molecule has 4 rings (SSSR count). The lowest BCUT2D eigenvalue weighted by Gasteiger charge is -2.29. The topological polar surface area (TPSA) is 55.8 Å². The predicted octanol–water partition coefficient (Wildman–Crippen LogP) is 6.40. The van der Waals surface area contributed by atoms with Gasteiger partial charge in [-0.2, -0.15) is 0 Å². The zero-order chi connectivity index (χ0) is 22.7. The average Bonchev–Trinajstić information content (AvgIpc) is 3.64. The maximum Gasteiger partial charge on any atom is 0.306 e. The summed E-state index contributed by atoms with van der Waals surface area (Å²) >= 11 is 0. The summed E-state index contributed by atoms with van der Waals surface area (Å²) in [5.41, 5.74) is 1.83. The zero-order valence-corrected chi connectivity index (χ0v) is 18.9. The van der Waals surface area contributed by atoms with E-state index >= 15 is 0 Å². The largest absolute Gasteiger partial charge is 0.497 e. The van der Waals surface area contributed by atoms with Crippen LogP contribution in [-0.4, -0.2) is 24.8 Å². The van der Waals surface area contributed by atoms with Gasteiger partial charge in [0.1, 0.15) is 17.3 Å². The van der Waals surface area contributed by atoms with Crippen LogP contribution in [0.1, 0.15) is 68.4 Å². The van der Waals surface area contributed by atoms with E-state index in [2.05, 4.69) is 0 Å². The first kappa shape index (κ1) is 22.6. The quantitative estimate of drug-likeness (QED) is 0.490. The molecule has 5 heteroatoms. The van der Waals surface area contributed by atoms with Gasteiger partial charge in [-0.05, 0) is 104 Å². The molecule has 1 unspecified atom stereocenters. The van der Waals surface area contributed by atoms with Gasteiger partial charge in [0, 0.05) is 0 Å². The fraction of sp³-hybridized carbons (Fsp3) is 0.519. The van der Waals surface area contributed by atoms with Crippen molar-refractivity contribution in [3.05, 3.63) is 59.4 Å². The Morgan fingerprint density at radius 1 is 1.06 bits per heavy atom. The Kier molecular flexibility index (Phi) is 7.02. The van der Waals surface area contributed by atoms with Crippen LogP contribution in [0.2, 0.25) is 0 Å². The van der Waals surface area contributed by atoms with Gasteiger partial charge in [0.05, 0.1) is 19.6 Å². The SMILES string of the molecule is COc1ccc(F)c([C@H]2CC[C@H](COc3cccc(C(C4CC4)[C@@H](C)C(=O)O)c3)CC2)c1. The van der Waals surface area contributed by atoms with Crippen LogP contribution in [0.4, 0.5) is 4.39 Å². The summed E-state index contributed by atoms with van der Waals surface area (Å²) in [5.74, 6) is 1.40. The zero-order valence-electron chi connectivity index (χ0n) is 18.9. The Hall–Kier alpha value is -2.56. The molecule has 2 atom stereocenters. The molecule has 2 aromatic carbocycles. The van der Waals surface area contributed by atoms with Gasteiger partial charge in [-0.3, -0.25) is 4.79 Å². The third-order valence-corrected chi connectivity index (χ3v) is 7.28. The molecule has 0 saturated heterocycles. The summed E-state index contributed by atoms with van der Waals surface area (Å²) < 4.78 is 25.7. The minimum atomic E-state index is -0.738. The van der Waals surface area contributed by atoms with Crippen molar-refractivity contribution in [2.45, 2.75) is 57.3 Å². The molecule has 2 fully saturated rings. The van der Waals surface area contributed by atoms with E-state index in [-0.39, 0.29) is 17.7 Å². The van der Waals surface area contributed by atoms with Crippen molar-refractivity contribution in [2.24, 2.45) is 17.8 Å². The lowest BCUT2D eigenvalue weighted by Crippen LogP contribution is -2.21. The number of carboxylic acid groups (broad SMARTS) is 1. The number of carbonyl (C=O) groups is 1. The van der Waals surface area contributed by atoms with Gasteiger partial charge in [0.15, 0.2) is 0 Å². The minimum Gasteiger partial charge on any atom is -0.497 e. The molecule has 0 radical (unpaired) electrons. The smallest absolute Gasteiger partial charge is 0.306 e. The molecule has 0 heterocycles. The lowest BCUT2D eigenvalue weighted by atomic mass is 9.79. The van der Waals surface area contributed by atoms with Crippen molar-refractivity contribution < 1.29 is 23.8 Å². The van der Waals surface area contributed by atoms with Gasteiger partial charge in [-0.15, -0.1) is 0 Å². The summed E-state index contributed by atoms with van der Waals surface area (Å²) in [6, 6.07) is 13.0. The van der Waals surface area contributed by atoms with E-state index < -0.39 is 11.9 Å². The molecule has 2 saturated carbocycles. The molecule has 0 bridgehead atoms. The maximum absolute atomic E-state index is 14.3. The number of aliphatic carboxylic acids is 1. The molecule has 0 spiro atoms. The molecule has 0 amide bonds. The van der Waals surface area contributed by atoms with Gasteiger partial charge < -0.3 is 14.6 Å². The summed E-state index contributed by atoms with van der Waals surface area (Å²) in [7, 11) is 1.61. The highest BCUT2D eigenvalue weighted by Gasteiger charge is 2.38. The van der Waals surface area contributed by atoms with E-state index in [4.69, 9.17) is 9.47 Å². The first-order valence-electron chi connectivity index (χ1n) is 11.7. The van der Waals surface area contributed by atoms with Gasteiger partial charge in [-0.25, -0.2) is 4.39 Å². The van der Waals surface area contributed by atoms with Crippen LogP contribution in [0.25, 0.3) is 0 Å². The minimum absolute atomic E-state index is 0.0456. The molecular weight excluding hydrogens is 407 g/mol. The van der Waals surface area contributed by atoms with E-state index in [9.17, 15) is 14.3 Å². The summed E-state index contributed by atoms with van der Waals surface area (Å²) in [4.78, 5) is 11.6. The molecule has 4 nitrogen and oxygen atoms in total. The number of hydrogen-bond acceptors (Lipinski definition) is 3. The van der Waals surface area contributed by atoms with Crippen LogP contribution in [0.3, 0.4) is 0 Å². The fourth-order valence-electron chi connectivity index (χ4n) is 5.21. The predicted molar refractivity (Wildman–Crippen MR) is 122 cm³/mol. The van der Waals surface area contributed by atoms with Gasteiger partial charge >= 0.3 is 5.97 Å². The second-order valence-electron chi connectivity index (χ2n) is 9.48. The van der Waals surface area contributed by atoms with E-state index in [0.717, 1.165) is 55.4 Å². The van der Waals surface area contributed by atoms with E-state index in [1.807, 2.05) is 37.3 Å². The number of ether oxygens (including phenoxy) is 2. The molecule has 172 valence electrons. The van der Waals surface area contributed by atoms with Crippen LogP contribution in [0.15, 0.2) is 42.5 Å². The number of halogens is 1. The Bertz CT molecular complexity index is 931. The standard InChI is InChI=1S/C27H33FO4/c1-17(27(29)30)26(20-10-11-20)21-4-3-5-23(14-21)32-16-18-6-8-19(9-7-18)24-15-22(31-2)12-13-25(24)28/h3-5,12-15,17-20,26H,6-11,16H2,1-2H3,(H,29,30)/t17-,18-,19-,26?/m1/s1. The number of methoxy groups -OCH3 is 1. The molecule has 2 aromatic rings. The maximum atomic E-state index is 14.3. The summed E-state index contributed by atoms with van der Waals surface area (Å²) in [6.45, 7) is 2.45. The van der Waals surface area contributed by atoms with Gasteiger partial charge in [0.25, 0.3) is 0 Å². The Morgan fingerprint density at radius 3 is 2.47 bits per heavy atom. The summed E-state index contributed by atoms with van der Waals surface area (Å²) in [5, 5.41) is 9.52. The third-order valence-electron chi connectivity index (χ3n) is 7.28. The van der Waals surface area contributed by atoms with Gasteiger partial charge in [0.2, 0.25) is 0 Å². The average molecular weight is 441 g/mol. The van der Waals surface area contributed by atoms with E-state index in [1.54, 1.807) is 13.2 Å². The Morgan fingerprint density at radius 2 is 1.81 bits per heavy atom. The highest BCUT2D eigenvalue weighted by atomic mass is 19.1. The number of benzene rings is 2. The van der Waals surface area contributed by atoms with Crippen molar-refractivity contribution >= 4 is 5.97 Å². The van der Waals surface area contributed by atoms with E-state index in [1.165, 1.54) is 6.07 Å². The van der Waals surface area contributed by atoms with Gasteiger partial charge in [-0.1, -0.05) is 19.1 Å². The normalized spacial score (nSPS) is 22.7. The number of hydrogen-bond donors (Lipinski definition) is 1. The monoisotopic (exact) mass is 440 g/mol. The fourth-order valence-corrected chi connectivity index (χ4v) is 5.21. The molecular formula is C27H33FO4. The van der Waals surface area contributed by atoms with Crippen LogP contribution in [0.5, 0.6) is 11.5 Å². The van der Waals surface area contributed by atoms with Crippen LogP contribution in [-0.2, 0) is 4.79 Å². The van der Waals surface area contributed by atoms with E-state index in [0.29, 0.717) is 24.2 Å². The summed E-state index contributed by atoms with van der Waals surface area (Å²) in [6.07, 6.45) is 6.09. The highest BCUT2D eigenvalue weighted by Crippen LogP contribution is 2.47. The Balaban J connectivity index is 1.33. The van der Waals surface area contributed by atoms with Crippen LogP contribution in [0, 0.1) is 23.6 Å². The van der Waals surface area contributed by atoms with Crippen molar-refractivity contribution in [3.63, 3.8) is 0 Å². The van der Waals surface area contributed by atoms with Crippen LogP contribution < -0.4 is 9.47 Å². The second-order valence-corrected chi connectivity index (χ2v) is 9.48. The molecule has 2 aliphatic rings. The van der Waals surface area contributed by atoms with Crippen molar-refractivity contribution in [2.75, 3.05) is 13.7 Å². The third kappa shape index (κ3) is 5.25. The highest BCUT2D eigenvalue weighted by molar-refractivity contribution is 5.71. The van der Waals surface area contributed by atoms with Crippen molar-refractivity contribution in [1.82, 2.24) is 0 Å². The number of rotatable bonds is 9. The lowest BCUT2D eigenvalue weighted by molar-refractivity contribution is -0.142. The number of carboxylic acids is 1.